The van der Waals surface area contributed by atoms with Crippen LogP contribution in [0.1, 0.15) is 43.9 Å². The summed E-state index contributed by atoms with van der Waals surface area (Å²) in [6.07, 6.45) is -2.58. The lowest BCUT2D eigenvalue weighted by molar-refractivity contribution is -0.139. The number of carboxylic acid groups (broad SMARTS) is 1. The first-order chi connectivity index (χ1) is 11.7. The molecule has 0 saturated carbocycles. The lowest BCUT2D eigenvalue weighted by Gasteiger charge is -2.40. The van der Waals surface area contributed by atoms with Gasteiger partial charge < -0.3 is 5.11 Å². The summed E-state index contributed by atoms with van der Waals surface area (Å²) in [5.74, 6) is -0.817. The molecule has 4 nitrogen and oxygen atoms in total. The predicted octanol–water partition coefficient (Wildman–Crippen LogP) is 3.64. The van der Waals surface area contributed by atoms with E-state index in [2.05, 4.69) is 4.90 Å². The van der Waals surface area contributed by atoms with Gasteiger partial charge in [0.1, 0.15) is 0 Å². The van der Waals surface area contributed by atoms with E-state index in [9.17, 15) is 18.0 Å². The van der Waals surface area contributed by atoms with Crippen LogP contribution in [0.4, 0.5) is 13.2 Å². The van der Waals surface area contributed by atoms with E-state index in [0.717, 1.165) is 43.6 Å². The highest BCUT2D eigenvalue weighted by atomic mass is 19.4. The summed E-state index contributed by atoms with van der Waals surface area (Å²) in [4.78, 5) is 15.2. The average molecular weight is 358 g/mol. The number of benzene rings is 1. The quantitative estimate of drug-likeness (QED) is 0.843. The van der Waals surface area contributed by atoms with E-state index in [1.54, 1.807) is 12.1 Å². The molecule has 1 saturated heterocycles. The van der Waals surface area contributed by atoms with Crippen LogP contribution in [-0.4, -0.2) is 53.1 Å². The van der Waals surface area contributed by atoms with Crippen molar-refractivity contribution in [2.24, 2.45) is 0 Å². The van der Waals surface area contributed by atoms with Gasteiger partial charge in [0.2, 0.25) is 0 Å². The topological polar surface area (TPSA) is 43.8 Å². The highest BCUT2D eigenvalue weighted by Crippen LogP contribution is 2.31. The fourth-order valence-electron chi connectivity index (χ4n) is 3.47. The summed E-state index contributed by atoms with van der Waals surface area (Å²) in [5, 5.41) is 8.98. The second-order valence-electron chi connectivity index (χ2n) is 6.52. The van der Waals surface area contributed by atoms with Gasteiger partial charge in [-0.25, -0.2) is 0 Å². The molecule has 1 aromatic carbocycles. The van der Waals surface area contributed by atoms with E-state index in [-0.39, 0.29) is 18.6 Å². The molecule has 7 heteroatoms. The molecule has 0 bridgehead atoms. The number of hydrogen-bond donors (Lipinski definition) is 1. The molecule has 25 heavy (non-hydrogen) atoms. The van der Waals surface area contributed by atoms with E-state index in [0.29, 0.717) is 6.54 Å². The van der Waals surface area contributed by atoms with Crippen molar-refractivity contribution in [3.05, 3.63) is 35.4 Å². The summed E-state index contributed by atoms with van der Waals surface area (Å²) in [6.45, 7) is 6.32. The van der Waals surface area contributed by atoms with Crippen LogP contribution in [0, 0.1) is 0 Å². The van der Waals surface area contributed by atoms with Crippen LogP contribution in [0.25, 0.3) is 0 Å². The maximum absolute atomic E-state index is 12.7. The normalized spacial score (nSPS) is 18.5. The Hall–Kier alpha value is -1.60. The van der Waals surface area contributed by atoms with Gasteiger partial charge in [-0.2, -0.15) is 13.2 Å². The van der Waals surface area contributed by atoms with Crippen LogP contribution in [0.3, 0.4) is 0 Å². The highest BCUT2D eigenvalue weighted by molar-refractivity contribution is 5.69. The predicted molar refractivity (Wildman–Crippen MR) is 89.3 cm³/mol. The van der Waals surface area contributed by atoms with Gasteiger partial charge in [-0.05, 0) is 44.0 Å². The number of alkyl halides is 3. The molecule has 1 N–H and O–H groups in total. The fourth-order valence-corrected chi connectivity index (χ4v) is 3.47. The number of aliphatic carboxylic acids is 1. The molecule has 1 aliphatic heterocycles. The first-order valence-electron chi connectivity index (χ1n) is 8.59. The molecule has 0 radical (unpaired) electrons. The molecule has 0 spiro atoms. The number of carboxylic acids is 1. The Morgan fingerprint density at radius 2 is 1.84 bits per heavy atom. The third-order valence-electron chi connectivity index (χ3n) is 5.03. The van der Waals surface area contributed by atoms with Crippen molar-refractivity contribution in [1.29, 1.82) is 0 Å². The molecule has 1 aliphatic rings. The zero-order valence-electron chi connectivity index (χ0n) is 14.6. The molecule has 1 aromatic rings. The summed E-state index contributed by atoms with van der Waals surface area (Å²) >= 11 is 0. The Morgan fingerprint density at radius 1 is 1.28 bits per heavy atom. The minimum Gasteiger partial charge on any atom is -0.480 e. The molecule has 2 rings (SSSR count). The maximum atomic E-state index is 12.7. The third-order valence-corrected chi connectivity index (χ3v) is 5.03. The molecule has 1 atom stereocenters. The summed E-state index contributed by atoms with van der Waals surface area (Å²) < 4.78 is 38.0. The Labute approximate surface area is 146 Å². The van der Waals surface area contributed by atoms with Gasteiger partial charge in [-0.1, -0.05) is 19.1 Å². The number of nitrogens with zero attached hydrogens (tertiary/aromatic N) is 2. The lowest BCUT2D eigenvalue weighted by atomic mass is 9.98. The van der Waals surface area contributed by atoms with Crippen molar-refractivity contribution in [2.45, 2.75) is 44.9 Å². The van der Waals surface area contributed by atoms with Crippen molar-refractivity contribution in [2.75, 3.05) is 26.2 Å². The van der Waals surface area contributed by atoms with Crippen molar-refractivity contribution in [3.63, 3.8) is 0 Å². The van der Waals surface area contributed by atoms with Crippen molar-refractivity contribution in [1.82, 2.24) is 9.80 Å². The number of likely N-dealkylation sites (tertiary alicyclic amines) is 1. The van der Waals surface area contributed by atoms with Gasteiger partial charge in [-0.15, -0.1) is 0 Å². The van der Waals surface area contributed by atoms with Crippen molar-refractivity contribution in [3.8, 4) is 0 Å². The van der Waals surface area contributed by atoms with Gasteiger partial charge in [0.15, 0.2) is 0 Å². The number of hydrogen-bond acceptors (Lipinski definition) is 3. The van der Waals surface area contributed by atoms with Gasteiger partial charge in [0.25, 0.3) is 0 Å². The van der Waals surface area contributed by atoms with Gasteiger partial charge in [0, 0.05) is 25.2 Å². The van der Waals surface area contributed by atoms with Crippen LogP contribution < -0.4 is 0 Å². The summed E-state index contributed by atoms with van der Waals surface area (Å²) in [5.41, 5.74) is 0.235. The number of likely N-dealkylation sites (N-methyl/N-ethyl adjacent to an activating group) is 1. The molecule has 0 aliphatic carbocycles. The second kappa shape index (κ2) is 8.19. The lowest BCUT2D eigenvalue weighted by Crippen LogP contribution is -2.47. The Morgan fingerprint density at radius 3 is 2.28 bits per heavy atom. The Bertz CT molecular complexity index is 567. The second-order valence-corrected chi connectivity index (χ2v) is 6.52. The van der Waals surface area contributed by atoms with E-state index in [1.165, 1.54) is 0 Å². The molecule has 1 heterocycles. The zero-order valence-corrected chi connectivity index (χ0v) is 14.6. The minimum absolute atomic E-state index is 0.0396. The summed E-state index contributed by atoms with van der Waals surface area (Å²) in [7, 11) is 0. The zero-order chi connectivity index (χ0) is 18.6. The van der Waals surface area contributed by atoms with E-state index in [1.807, 2.05) is 18.7 Å². The largest absolute Gasteiger partial charge is 0.480 e. The van der Waals surface area contributed by atoms with Gasteiger partial charge in [-0.3, -0.25) is 14.6 Å². The molecule has 1 unspecified atom stereocenters. The monoisotopic (exact) mass is 358 g/mol. The Kier molecular flexibility index (Phi) is 6.46. The van der Waals surface area contributed by atoms with Crippen LogP contribution in [0.5, 0.6) is 0 Å². The minimum atomic E-state index is -4.31. The average Bonchev–Trinajstić information content (AvgIpc) is 2.58. The molecule has 0 aromatic heterocycles. The number of rotatable bonds is 6. The smallest absolute Gasteiger partial charge is 0.416 e. The third kappa shape index (κ3) is 5.19. The first kappa shape index (κ1) is 19.7. The Balaban J connectivity index is 1.94. The van der Waals surface area contributed by atoms with Crippen molar-refractivity contribution >= 4 is 5.97 Å². The van der Waals surface area contributed by atoms with Crippen LogP contribution in [0.2, 0.25) is 0 Å². The molecule has 140 valence electrons. The number of carbonyl (C=O) groups is 1. The van der Waals surface area contributed by atoms with Crippen LogP contribution >= 0.6 is 0 Å². The van der Waals surface area contributed by atoms with Gasteiger partial charge in [0.05, 0.1) is 12.1 Å². The molecule has 1 fully saturated rings. The summed E-state index contributed by atoms with van der Waals surface area (Å²) in [6, 6.07) is 5.63. The van der Waals surface area contributed by atoms with Crippen LogP contribution in [0.15, 0.2) is 24.3 Å². The molecular weight excluding hydrogens is 333 g/mol. The molecule has 0 amide bonds. The van der Waals surface area contributed by atoms with E-state index >= 15 is 0 Å². The van der Waals surface area contributed by atoms with Crippen LogP contribution in [-0.2, 0) is 11.0 Å². The van der Waals surface area contributed by atoms with E-state index in [4.69, 9.17) is 5.11 Å². The fraction of sp³-hybridized carbons (Fsp3) is 0.611. The molecular formula is C18H25F3N2O2. The standard InChI is InChI=1S/C18H25F3N2O2/c1-3-22(12-17(24)25)16-8-10-23(11-9-16)13(2)14-4-6-15(7-5-14)18(19,20)21/h4-7,13,16H,3,8-12H2,1-2H3,(H,24,25). The number of halogens is 3. The van der Waals surface area contributed by atoms with E-state index < -0.39 is 17.7 Å². The SMILES string of the molecule is CCN(CC(=O)O)C1CCN(C(C)c2ccc(C(F)(F)F)cc2)CC1. The first-order valence-corrected chi connectivity index (χ1v) is 8.59. The van der Waals surface area contributed by atoms with Gasteiger partial charge >= 0.3 is 12.1 Å². The highest BCUT2D eigenvalue weighted by Gasteiger charge is 2.31. The number of piperidine rings is 1. The maximum Gasteiger partial charge on any atom is 0.416 e. The van der Waals surface area contributed by atoms with Crippen molar-refractivity contribution < 1.29 is 23.1 Å².